The molecule has 10 heteroatoms. The van der Waals surface area contributed by atoms with Crippen molar-refractivity contribution >= 4 is 5.78 Å². The largest absolute Gasteiger partial charge is 0.324 e. The summed E-state index contributed by atoms with van der Waals surface area (Å²) in [5.41, 5.74) is -2.04. The molecule has 5 rings (SSSR count). The minimum atomic E-state index is -1.06. The highest BCUT2D eigenvalue weighted by molar-refractivity contribution is 5.82. The number of aromatic nitrogens is 3. The Balaban J connectivity index is 1.86. The Hall–Kier alpha value is -4.34. The third kappa shape index (κ3) is 3.53. The molecule has 0 amide bonds. The number of benzene rings is 3. The Kier molecular flexibility index (Phi) is 5.00. The van der Waals surface area contributed by atoms with Crippen molar-refractivity contribution < 1.29 is 26.3 Å². The van der Waals surface area contributed by atoms with Gasteiger partial charge in [0.1, 0.15) is 40.6 Å². The van der Waals surface area contributed by atoms with Crippen LogP contribution in [0.3, 0.4) is 0 Å². The number of imidazole rings is 1. The van der Waals surface area contributed by atoms with Crippen LogP contribution in [0, 0.1) is 34.9 Å². The number of halogens is 6. The fraction of sp³-hybridized carbons (Fsp3) is 0. The van der Waals surface area contributed by atoms with Crippen LogP contribution < -0.4 is 5.56 Å². The molecule has 0 saturated heterocycles. The minimum Gasteiger partial charge on any atom is -0.324 e. The molecule has 0 spiro atoms. The van der Waals surface area contributed by atoms with Gasteiger partial charge < -0.3 is 4.98 Å². The number of fused-ring (bicyclic) bond motifs is 1. The third-order valence-corrected chi connectivity index (χ3v) is 5.21. The summed E-state index contributed by atoms with van der Waals surface area (Å²) in [7, 11) is 0. The van der Waals surface area contributed by atoms with Crippen LogP contribution in [-0.2, 0) is 0 Å². The van der Waals surface area contributed by atoms with E-state index in [0.29, 0.717) is 18.2 Å². The zero-order valence-electron chi connectivity index (χ0n) is 16.8. The molecule has 1 N–H and O–H groups in total. The lowest BCUT2D eigenvalue weighted by molar-refractivity contribution is 0.583. The van der Waals surface area contributed by atoms with Gasteiger partial charge in [-0.3, -0.25) is 4.79 Å². The molecule has 34 heavy (non-hydrogen) atoms. The van der Waals surface area contributed by atoms with Crippen LogP contribution in [0.1, 0.15) is 0 Å². The van der Waals surface area contributed by atoms with Crippen LogP contribution in [0.2, 0.25) is 0 Å². The van der Waals surface area contributed by atoms with E-state index in [2.05, 4.69) is 9.97 Å². The monoisotopic (exact) mass is 471 g/mol. The number of H-pyrrole nitrogens is 1. The fourth-order valence-electron chi connectivity index (χ4n) is 3.72. The Morgan fingerprint density at radius 1 is 0.647 bits per heavy atom. The van der Waals surface area contributed by atoms with Gasteiger partial charge in [-0.25, -0.2) is 35.7 Å². The lowest BCUT2D eigenvalue weighted by Crippen LogP contribution is -2.15. The number of hydrogen-bond acceptors (Lipinski definition) is 2. The Bertz CT molecular complexity index is 1660. The first kappa shape index (κ1) is 21.5. The minimum absolute atomic E-state index is 0.0720. The first-order chi connectivity index (χ1) is 16.2. The van der Waals surface area contributed by atoms with Crippen LogP contribution in [0.15, 0.2) is 65.5 Å². The molecule has 0 aliphatic carbocycles. The lowest BCUT2D eigenvalue weighted by Gasteiger charge is -2.08. The average molecular weight is 471 g/mol. The average Bonchev–Trinajstić information content (AvgIpc) is 3.13. The number of hydrogen-bond donors (Lipinski definition) is 1. The van der Waals surface area contributed by atoms with Gasteiger partial charge in [0.2, 0.25) is 5.78 Å². The predicted molar refractivity (Wildman–Crippen MR) is 112 cm³/mol. The van der Waals surface area contributed by atoms with Crippen molar-refractivity contribution in [1.29, 1.82) is 0 Å². The lowest BCUT2D eigenvalue weighted by atomic mass is 10.0. The van der Waals surface area contributed by atoms with Gasteiger partial charge in [-0.2, -0.15) is 0 Å². The number of rotatable bonds is 3. The van der Waals surface area contributed by atoms with Crippen molar-refractivity contribution in [2.24, 2.45) is 0 Å². The molecule has 0 aliphatic heterocycles. The zero-order valence-corrected chi connectivity index (χ0v) is 16.8. The normalized spacial score (nSPS) is 11.4. The van der Waals surface area contributed by atoms with Crippen LogP contribution in [-0.4, -0.2) is 14.4 Å². The SMILES string of the molecule is O=c1cc(-c2ccc(F)cc2F)[nH]c2nc(-c3ccc(F)cc3F)c(-c3ccc(F)cc3F)n12. The van der Waals surface area contributed by atoms with E-state index in [9.17, 15) is 31.1 Å². The van der Waals surface area contributed by atoms with Crippen molar-refractivity contribution in [2.45, 2.75) is 0 Å². The summed E-state index contributed by atoms with van der Waals surface area (Å²) in [5.74, 6) is -5.86. The van der Waals surface area contributed by atoms with E-state index in [1.807, 2.05) is 0 Å². The highest BCUT2D eigenvalue weighted by Gasteiger charge is 2.24. The molecule has 4 nitrogen and oxygen atoms in total. The van der Waals surface area contributed by atoms with Gasteiger partial charge in [-0.15, -0.1) is 0 Å². The first-order valence-corrected chi connectivity index (χ1v) is 9.75. The van der Waals surface area contributed by atoms with Crippen LogP contribution >= 0.6 is 0 Å². The maximum atomic E-state index is 14.7. The van der Waals surface area contributed by atoms with Crippen molar-refractivity contribution in [1.82, 2.24) is 14.4 Å². The van der Waals surface area contributed by atoms with E-state index >= 15 is 0 Å². The van der Waals surface area contributed by atoms with Gasteiger partial charge in [-0.05, 0) is 36.4 Å². The summed E-state index contributed by atoms with van der Waals surface area (Å²) in [6.07, 6.45) is 0. The molecule has 0 aliphatic rings. The Morgan fingerprint density at radius 3 is 1.68 bits per heavy atom. The molecule has 0 unspecified atom stereocenters. The standard InChI is InChI=1S/C24H11F6N3O/c25-11-1-4-14(17(28)7-11)20-10-21(34)33-23(16-6-3-13(27)9-19(16)30)22(32-24(33)31-20)15-5-2-12(26)8-18(15)29/h1-10H,(H,31,32). The number of nitrogens with one attached hydrogen (secondary N) is 1. The summed E-state index contributed by atoms with van der Waals surface area (Å²) in [6.45, 7) is 0. The van der Waals surface area contributed by atoms with Crippen molar-refractivity contribution in [3.63, 3.8) is 0 Å². The molecule has 2 heterocycles. The Labute approximate surface area is 186 Å². The summed E-state index contributed by atoms with van der Waals surface area (Å²) in [4.78, 5) is 20.0. The zero-order chi connectivity index (χ0) is 24.1. The summed E-state index contributed by atoms with van der Waals surface area (Å²) in [6, 6.07) is 8.87. The Morgan fingerprint density at radius 2 is 1.15 bits per heavy atom. The van der Waals surface area contributed by atoms with E-state index in [4.69, 9.17) is 0 Å². The maximum absolute atomic E-state index is 14.7. The van der Waals surface area contributed by atoms with Crippen molar-refractivity contribution in [3.05, 3.63) is 106 Å². The quantitative estimate of drug-likeness (QED) is 0.335. The number of aromatic amines is 1. The second kappa shape index (κ2) is 7.91. The molecule has 0 radical (unpaired) electrons. The smallest absolute Gasteiger partial charge is 0.260 e. The maximum Gasteiger partial charge on any atom is 0.260 e. The highest BCUT2D eigenvalue weighted by Crippen LogP contribution is 2.35. The van der Waals surface area contributed by atoms with Crippen LogP contribution in [0.4, 0.5) is 26.3 Å². The van der Waals surface area contributed by atoms with Crippen LogP contribution in [0.5, 0.6) is 0 Å². The van der Waals surface area contributed by atoms with Gasteiger partial charge >= 0.3 is 0 Å². The molecule has 2 aromatic heterocycles. The molecule has 0 fully saturated rings. The van der Waals surface area contributed by atoms with E-state index in [-0.39, 0.29) is 39.5 Å². The van der Waals surface area contributed by atoms with E-state index in [1.165, 1.54) is 0 Å². The van der Waals surface area contributed by atoms with E-state index in [0.717, 1.165) is 46.9 Å². The highest BCUT2D eigenvalue weighted by atomic mass is 19.2. The third-order valence-electron chi connectivity index (χ3n) is 5.21. The molecule has 0 atom stereocenters. The molecular weight excluding hydrogens is 460 g/mol. The van der Waals surface area contributed by atoms with Crippen LogP contribution in [0.25, 0.3) is 39.5 Å². The fourth-order valence-corrected chi connectivity index (χ4v) is 3.72. The predicted octanol–water partition coefficient (Wildman–Crippen LogP) is 5.86. The molecule has 5 aromatic rings. The first-order valence-electron chi connectivity index (χ1n) is 9.75. The second-order valence-electron chi connectivity index (χ2n) is 7.36. The molecule has 3 aromatic carbocycles. The van der Waals surface area contributed by atoms with E-state index < -0.39 is 40.5 Å². The molecular formula is C24H11F6N3O. The summed E-state index contributed by atoms with van der Waals surface area (Å²) in [5, 5.41) is 0. The van der Waals surface area contributed by atoms with E-state index in [1.54, 1.807) is 0 Å². The van der Waals surface area contributed by atoms with Crippen molar-refractivity contribution in [3.8, 4) is 33.8 Å². The van der Waals surface area contributed by atoms with Gasteiger partial charge in [-0.1, -0.05) is 0 Å². The molecule has 0 bridgehead atoms. The van der Waals surface area contributed by atoms with Gasteiger partial charge in [0.05, 0.1) is 11.4 Å². The van der Waals surface area contributed by atoms with Crippen molar-refractivity contribution in [2.75, 3.05) is 0 Å². The summed E-state index contributed by atoms with van der Waals surface area (Å²) >= 11 is 0. The topological polar surface area (TPSA) is 50.2 Å². The summed E-state index contributed by atoms with van der Waals surface area (Å²) < 4.78 is 84.9. The van der Waals surface area contributed by atoms with Gasteiger partial charge in [0.15, 0.2) is 0 Å². The molecule has 0 saturated carbocycles. The second-order valence-corrected chi connectivity index (χ2v) is 7.36. The van der Waals surface area contributed by atoms with Gasteiger partial charge in [0, 0.05) is 41.0 Å². The molecule has 170 valence electrons. The van der Waals surface area contributed by atoms with Gasteiger partial charge in [0.25, 0.3) is 5.56 Å². The number of nitrogens with zero attached hydrogens (tertiary/aromatic N) is 2.